The molecule has 0 radical (unpaired) electrons. The number of ether oxygens (including phenoxy) is 1. The van der Waals surface area contributed by atoms with Crippen LogP contribution in [0.3, 0.4) is 0 Å². The summed E-state index contributed by atoms with van der Waals surface area (Å²) in [6, 6.07) is 12.6. The van der Waals surface area contributed by atoms with E-state index in [9.17, 15) is 4.79 Å². The number of benzene rings is 2. The second-order valence-electron chi connectivity index (χ2n) is 4.45. The fraction of sp³-hybridized carbons (Fsp3) is 0.188. The second-order valence-corrected chi connectivity index (χ2v) is 6.13. The van der Waals surface area contributed by atoms with Gasteiger partial charge in [-0.25, -0.2) is 0 Å². The zero-order valence-electron chi connectivity index (χ0n) is 11.5. The van der Waals surface area contributed by atoms with Crippen LogP contribution in [0.5, 0.6) is 5.75 Å². The third-order valence-corrected chi connectivity index (χ3v) is 3.70. The van der Waals surface area contributed by atoms with Crippen LogP contribution in [-0.4, -0.2) is 12.5 Å². The number of carbonyl (C=O) groups excluding carboxylic acids is 1. The summed E-state index contributed by atoms with van der Waals surface area (Å²) < 4.78 is 6.71. The van der Waals surface area contributed by atoms with Crippen LogP contribution in [0, 0.1) is 3.57 Å². The van der Waals surface area contributed by atoms with E-state index in [0.717, 1.165) is 15.7 Å². The first-order valence-corrected chi connectivity index (χ1v) is 8.05. The Morgan fingerprint density at radius 3 is 2.62 bits per heavy atom. The summed E-state index contributed by atoms with van der Waals surface area (Å²) >= 11 is 8.20. The summed E-state index contributed by atoms with van der Waals surface area (Å²) in [7, 11) is 0. The van der Waals surface area contributed by atoms with Crippen LogP contribution in [0.15, 0.2) is 42.5 Å². The quantitative estimate of drug-likeness (QED) is 0.699. The summed E-state index contributed by atoms with van der Waals surface area (Å²) in [4.78, 5) is 12.4. The Balaban J connectivity index is 2.20. The summed E-state index contributed by atoms with van der Waals surface area (Å²) in [6.45, 7) is 2.58. The molecule has 1 amide bonds. The first-order valence-electron chi connectivity index (χ1n) is 6.59. The van der Waals surface area contributed by atoms with Crippen molar-refractivity contribution in [3.05, 3.63) is 56.6 Å². The Kier molecular flexibility index (Phi) is 5.87. The third kappa shape index (κ3) is 4.61. The molecule has 0 bridgehead atoms. The molecule has 0 unspecified atom stereocenters. The van der Waals surface area contributed by atoms with Gasteiger partial charge >= 0.3 is 0 Å². The maximum absolute atomic E-state index is 12.4. The van der Waals surface area contributed by atoms with Crippen molar-refractivity contribution in [3.8, 4) is 5.75 Å². The van der Waals surface area contributed by atoms with Crippen LogP contribution in [0.25, 0.3) is 0 Å². The van der Waals surface area contributed by atoms with Crippen LogP contribution < -0.4 is 10.1 Å². The molecule has 5 heteroatoms. The van der Waals surface area contributed by atoms with E-state index in [1.54, 1.807) is 18.2 Å². The van der Waals surface area contributed by atoms with Crippen LogP contribution in [0.4, 0.5) is 5.69 Å². The molecule has 0 aromatic heterocycles. The Bertz CT molecular complexity index is 629. The fourth-order valence-corrected chi connectivity index (χ4v) is 2.28. The van der Waals surface area contributed by atoms with Gasteiger partial charge in [-0.3, -0.25) is 4.79 Å². The highest BCUT2D eigenvalue weighted by Gasteiger charge is 2.13. The summed E-state index contributed by atoms with van der Waals surface area (Å²) in [5.74, 6) is 0.314. The molecule has 0 saturated heterocycles. The fourth-order valence-electron chi connectivity index (χ4n) is 1.75. The lowest BCUT2D eigenvalue weighted by molar-refractivity contribution is 0.102. The average Bonchev–Trinajstić information content (AvgIpc) is 2.48. The number of hydrogen-bond donors (Lipinski definition) is 1. The van der Waals surface area contributed by atoms with Gasteiger partial charge in [0, 0.05) is 14.3 Å². The molecule has 2 aromatic rings. The smallest absolute Gasteiger partial charge is 0.259 e. The van der Waals surface area contributed by atoms with Gasteiger partial charge in [-0.05, 0) is 71.5 Å². The zero-order valence-corrected chi connectivity index (χ0v) is 14.4. The van der Waals surface area contributed by atoms with Gasteiger partial charge in [0.15, 0.2) is 0 Å². The number of nitrogens with one attached hydrogen (secondary N) is 1. The lowest BCUT2D eigenvalue weighted by Gasteiger charge is -2.12. The lowest BCUT2D eigenvalue weighted by atomic mass is 10.2. The van der Waals surface area contributed by atoms with Gasteiger partial charge in [0.25, 0.3) is 5.91 Å². The highest BCUT2D eigenvalue weighted by Crippen LogP contribution is 2.24. The molecule has 0 atom stereocenters. The van der Waals surface area contributed by atoms with Crippen molar-refractivity contribution in [2.24, 2.45) is 0 Å². The molecular formula is C16H15ClINO2. The van der Waals surface area contributed by atoms with E-state index < -0.39 is 0 Å². The van der Waals surface area contributed by atoms with Gasteiger partial charge < -0.3 is 10.1 Å². The molecule has 2 aromatic carbocycles. The van der Waals surface area contributed by atoms with E-state index in [0.29, 0.717) is 22.9 Å². The number of hydrogen-bond acceptors (Lipinski definition) is 2. The molecule has 1 N–H and O–H groups in total. The molecule has 0 fully saturated rings. The van der Waals surface area contributed by atoms with Gasteiger partial charge in [-0.1, -0.05) is 18.5 Å². The Morgan fingerprint density at radius 1 is 1.24 bits per heavy atom. The van der Waals surface area contributed by atoms with Gasteiger partial charge in [0.1, 0.15) is 5.75 Å². The molecule has 0 spiro atoms. The standard InChI is InChI=1S/C16H15ClINO2/c1-2-9-21-15-8-3-11(17)10-14(15)16(20)19-13-6-4-12(18)5-7-13/h3-8,10H,2,9H2,1H3,(H,19,20). The van der Waals surface area contributed by atoms with Gasteiger partial charge in [-0.15, -0.1) is 0 Å². The number of halogens is 2. The van der Waals surface area contributed by atoms with E-state index in [1.807, 2.05) is 31.2 Å². The van der Waals surface area contributed by atoms with Crippen LogP contribution in [0.1, 0.15) is 23.7 Å². The predicted molar refractivity (Wildman–Crippen MR) is 94.4 cm³/mol. The molecule has 3 nitrogen and oxygen atoms in total. The maximum atomic E-state index is 12.4. The van der Waals surface area contributed by atoms with Gasteiger partial charge in [0.05, 0.1) is 12.2 Å². The second kappa shape index (κ2) is 7.66. The highest BCUT2D eigenvalue weighted by molar-refractivity contribution is 14.1. The molecule has 0 saturated carbocycles. The first kappa shape index (κ1) is 16.1. The van der Waals surface area contributed by atoms with Crippen molar-refractivity contribution in [3.63, 3.8) is 0 Å². The molecule has 0 aliphatic heterocycles. The first-order chi connectivity index (χ1) is 10.1. The molecule has 0 aliphatic carbocycles. The Morgan fingerprint density at radius 2 is 1.95 bits per heavy atom. The Labute approximate surface area is 142 Å². The summed E-state index contributed by atoms with van der Waals surface area (Å²) in [6.07, 6.45) is 0.876. The Hall–Kier alpha value is -1.27. The zero-order chi connectivity index (χ0) is 15.2. The minimum absolute atomic E-state index is 0.232. The van der Waals surface area contributed by atoms with Crippen LogP contribution in [0.2, 0.25) is 5.02 Å². The summed E-state index contributed by atoms with van der Waals surface area (Å²) in [5.41, 5.74) is 1.18. The van der Waals surface area contributed by atoms with Crippen LogP contribution in [-0.2, 0) is 0 Å². The van der Waals surface area contributed by atoms with E-state index in [1.165, 1.54) is 0 Å². The molecular weight excluding hydrogens is 401 g/mol. The lowest BCUT2D eigenvalue weighted by Crippen LogP contribution is -2.14. The van der Waals surface area contributed by atoms with Gasteiger partial charge in [-0.2, -0.15) is 0 Å². The van der Waals surface area contributed by atoms with E-state index in [4.69, 9.17) is 16.3 Å². The van der Waals surface area contributed by atoms with E-state index in [2.05, 4.69) is 27.9 Å². The van der Waals surface area contributed by atoms with E-state index >= 15 is 0 Å². The number of amides is 1. The average molecular weight is 416 g/mol. The number of anilines is 1. The topological polar surface area (TPSA) is 38.3 Å². The van der Waals surface area contributed by atoms with Crippen molar-refractivity contribution < 1.29 is 9.53 Å². The van der Waals surface area contributed by atoms with Gasteiger partial charge in [0.2, 0.25) is 0 Å². The molecule has 110 valence electrons. The predicted octanol–water partition coefficient (Wildman–Crippen LogP) is 4.99. The molecule has 0 aliphatic rings. The van der Waals surface area contributed by atoms with Crippen molar-refractivity contribution in [1.82, 2.24) is 0 Å². The highest BCUT2D eigenvalue weighted by atomic mass is 127. The number of carbonyl (C=O) groups is 1. The summed E-state index contributed by atoms with van der Waals surface area (Å²) in [5, 5.41) is 3.35. The van der Waals surface area contributed by atoms with Crippen LogP contribution >= 0.6 is 34.2 Å². The monoisotopic (exact) mass is 415 g/mol. The SMILES string of the molecule is CCCOc1ccc(Cl)cc1C(=O)Nc1ccc(I)cc1. The van der Waals surface area contributed by atoms with Crippen molar-refractivity contribution in [2.75, 3.05) is 11.9 Å². The molecule has 2 rings (SSSR count). The minimum Gasteiger partial charge on any atom is -0.493 e. The third-order valence-electron chi connectivity index (χ3n) is 2.75. The molecule has 21 heavy (non-hydrogen) atoms. The van der Waals surface area contributed by atoms with Crippen molar-refractivity contribution >= 4 is 45.8 Å². The largest absolute Gasteiger partial charge is 0.493 e. The minimum atomic E-state index is -0.232. The maximum Gasteiger partial charge on any atom is 0.259 e. The number of rotatable bonds is 5. The van der Waals surface area contributed by atoms with Crippen molar-refractivity contribution in [1.29, 1.82) is 0 Å². The normalized spacial score (nSPS) is 10.2. The molecule has 0 heterocycles. The van der Waals surface area contributed by atoms with Crippen molar-refractivity contribution in [2.45, 2.75) is 13.3 Å². The van der Waals surface area contributed by atoms with E-state index in [-0.39, 0.29) is 5.91 Å².